The predicted molar refractivity (Wildman–Crippen MR) is 59.1 cm³/mol. The Morgan fingerprint density at radius 1 is 1.31 bits per heavy atom. The van der Waals surface area contributed by atoms with Crippen LogP contribution in [-0.4, -0.2) is 37.7 Å². The van der Waals surface area contributed by atoms with Crippen molar-refractivity contribution in [2.24, 2.45) is 0 Å². The van der Waals surface area contributed by atoms with Crippen LogP contribution in [0.4, 0.5) is 4.79 Å². The van der Waals surface area contributed by atoms with Crippen LogP contribution in [0.15, 0.2) is 0 Å². The van der Waals surface area contributed by atoms with Gasteiger partial charge in [0, 0.05) is 20.6 Å². The second-order valence-electron chi connectivity index (χ2n) is 4.96. The summed E-state index contributed by atoms with van der Waals surface area (Å²) in [6.07, 6.45) is 1.18. The second kappa shape index (κ2) is 4.59. The molecule has 1 atom stereocenters. The Morgan fingerprint density at radius 2 is 1.88 bits per heavy atom. The summed E-state index contributed by atoms with van der Waals surface area (Å²) in [7, 11) is 3.15. The monoisotopic (exact) mass is 231 g/mol. The van der Waals surface area contributed by atoms with Gasteiger partial charge in [0.05, 0.1) is 6.04 Å². The molecule has 0 aromatic carbocycles. The fourth-order valence-corrected chi connectivity index (χ4v) is 1.73. The van der Waals surface area contributed by atoms with Crippen molar-refractivity contribution in [1.29, 1.82) is 0 Å². The first-order valence-corrected chi connectivity index (χ1v) is 5.43. The fourth-order valence-electron chi connectivity index (χ4n) is 1.73. The van der Waals surface area contributed by atoms with Gasteiger partial charge >= 0.3 is 6.09 Å². The van der Waals surface area contributed by atoms with E-state index in [4.69, 9.17) is 14.2 Å². The third-order valence-corrected chi connectivity index (χ3v) is 2.69. The smallest absolute Gasteiger partial charge is 0.408 e. The van der Waals surface area contributed by atoms with Crippen molar-refractivity contribution in [1.82, 2.24) is 5.32 Å². The van der Waals surface area contributed by atoms with Crippen molar-refractivity contribution in [2.75, 3.05) is 14.2 Å². The van der Waals surface area contributed by atoms with Crippen molar-refractivity contribution in [3.05, 3.63) is 0 Å². The Hall–Kier alpha value is -0.810. The number of methoxy groups -OCH3 is 2. The first kappa shape index (κ1) is 13.3. The van der Waals surface area contributed by atoms with Crippen LogP contribution in [0, 0.1) is 0 Å². The number of hydrogen-bond donors (Lipinski definition) is 1. The molecule has 5 nitrogen and oxygen atoms in total. The lowest BCUT2D eigenvalue weighted by atomic mass is 9.84. The van der Waals surface area contributed by atoms with Gasteiger partial charge in [0.1, 0.15) is 5.60 Å². The molecule has 0 heterocycles. The minimum absolute atomic E-state index is 0.141. The van der Waals surface area contributed by atoms with E-state index in [1.54, 1.807) is 14.2 Å². The Morgan fingerprint density at radius 3 is 2.19 bits per heavy atom. The van der Waals surface area contributed by atoms with Crippen LogP contribution in [0.3, 0.4) is 0 Å². The molecule has 1 aliphatic rings. The number of alkyl carbamates (subject to hydrolysis) is 1. The summed E-state index contributed by atoms with van der Waals surface area (Å²) in [6, 6.07) is -0.141. The summed E-state index contributed by atoms with van der Waals surface area (Å²) in [4.78, 5) is 11.5. The maximum Gasteiger partial charge on any atom is 0.408 e. The number of nitrogens with one attached hydrogen (secondary N) is 1. The molecule has 94 valence electrons. The SMILES string of the molecule is COC1(OC)CCC1NC(=O)OC(C)(C)C. The van der Waals surface area contributed by atoms with E-state index in [-0.39, 0.29) is 6.04 Å². The zero-order chi connectivity index (χ0) is 12.4. The molecule has 0 aromatic heterocycles. The van der Waals surface area contributed by atoms with E-state index in [2.05, 4.69) is 5.32 Å². The van der Waals surface area contributed by atoms with Gasteiger partial charge in [-0.1, -0.05) is 0 Å². The Bertz CT molecular complexity index is 250. The van der Waals surface area contributed by atoms with Crippen LogP contribution in [0.1, 0.15) is 33.6 Å². The molecule has 1 N–H and O–H groups in total. The summed E-state index contributed by atoms with van der Waals surface area (Å²) in [5, 5.41) is 2.75. The normalized spacial score (nSPS) is 23.4. The number of carbonyl (C=O) groups is 1. The van der Waals surface area contributed by atoms with E-state index >= 15 is 0 Å². The highest BCUT2D eigenvalue weighted by Crippen LogP contribution is 2.36. The maximum atomic E-state index is 11.5. The summed E-state index contributed by atoms with van der Waals surface area (Å²) in [5.41, 5.74) is -0.489. The highest BCUT2D eigenvalue weighted by Gasteiger charge is 2.49. The predicted octanol–water partition coefficient (Wildman–Crippen LogP) is 1.66. The van der Waals surface area contributed by atoms with Crippen LogP contribution in [-0.2, 0) is 14.2 Å². The minimum atomic E-state index is -0.684. The number of ether oxygens (including phenoxy) is 3. The van der Waals surface area contributed by atoms with Crippen LogP contribution in [0.5, 0.6) is 0 Å². The molecule has 1 saturated carbocycles. The molecule has 1 rings (SSSR count). The molecule has 0 aliphatic heterocycles. The van der Waals surface area contributed by atoms with Gasteiger partial charge in [0.2, 0.25) is 0 Å². The molecule has 0 spiro atoms. The highest BCUT2D eigenvalue weighted by molar-refractivity contribution is 5.68. The molecule has 1 unspecified atom stereocenters. The maximum absolute atomic E-state index is 11.5. The molecule has 1 amide bonds. The number of rotatable bonds is 3. The largest absolute Gasteiger partial charge is 0.444 e. The second-order valence-corrected chi connectivity index (χ2v) is 4.96. The zero-order valence-electron chi connectivity index (χ0n) is 10.6. The van der Waals surface area contributed by atoms with Gasteiger partial charge in [-0.25, -0.2) is 4.79 Å². The molecule has 1 aliphatic carbocycles. The highest BCUT2D eigenvalue weighted by atomic mass is 16.7. The summed E-state index contributed by atoms with van der Waals surface area (Å²) in [6.45, 7) is 5.48. The summed E-state index contributed by atoms with van der Waals surface area (Å²) in [5.74, 6) is -0.684. The van der Waals surface area contributed by atoms with E-state index in [0.717, 1.165) is 12.8 Å². The van der Waals surface area contributed by atoms with Gasteiger partial charge in [-0.15, -0.1) is 0 Å². The molecule has 16 heavy (non-hydrogen) atoms. The Kier molecular flexibility index (Phi) is 3.80. The Balaban J connectivity index is 2.47. The van der Waals surface area contributed by atoms with Crippen molar-refractivity contribution >= 4 is 6.09 Å². The lowest BCUT2D eigenvalue weighted by Gasteiger charge is -2.46. The van der Waals surface area contributed by atoms with E-state index in [1.165, 1.54) is 0 Å². The van der Waals surface area contributed by atoms with Crippen molar-refractivity contribution in [3.63, 3.8) is 0 Å². The van der Waals surface area contributed by atoms with E-state index in [0.29, 0.717) is 0 Å². The number of amides is 1. The third kappa shape index (κ3) is 2.86. The molecule has 0 saturated heterocycles. The fraction of sp³-hybridized carbons (Fsp3) is 0.909. The Labute approximate surface area is 96.4 Å². The molecular weight excluding hydrogens is 210 g/mol. The molecule has 5 heteroatoms. The van der Waals surface area contributed by atoms with Crippen LogP contribution in [0.2, 0.25) is 0 Å². The minimum Gasteiger partial charge on any atom is -0.444 e. The van der Waals surface area contributed by atoms with E-state index in [9.17, 15) is 4.79 Å². The van der Waals surface area contributed by atoms with Gasteiger partial charge in [-0.05, 0) is 27.2 Å². The first-order chi connectivity index (χ1) is 7.33. The average Bonchev–Trinajstić information content (AvgIpc) is 2.12. The van der Waals surface area contributed by atoms with Gasteiger partial charge in [-0.3, -0.25) is 0 Å². The van der Waals surface area contributed by atoms with Gasteiger partial charge in [-0.2, -0.15) is 0 Å². The van der Waals surface area contributed by atoms with Crippen LogP contribution < -0.4 is 5.32 Å². The molecule has 0 bridgehead atoms. The summed E-state index contributed by atoms with van der Waals surface area (Å²) >= 11 is 0. The molecular formula is C11H21NO4. The van der Waals surface area contributed by atoms with E-state index in [1.807, 2.05) is 20.8 Å². The summed E-state index contributed by atoms with van der Waals surface area (Å²) < 4.78 is 15.7. The van der Waals surface area contributed by atoms with Gasteiger partial charge < -0.3 is 19.5 Å². The van der Waals surface area contributed by atoms with Crippen LogP contribution in [0.25, 0.3) is 0 Å². The van der Waals surface area contributed by atoms with Gasteiger partial charge in [0.15, 0.2) is 5.79 Å². The van der Waals surface area contributed by atoms with Crippen LogP contribution >= 0.6 is 0 Å². The van der Waals surface area contributed by atoms with Crippen molar-refractivity contribution in [2.45, 2.75) is 51.0 Å². The molecule has 1 fully saturated rings. The lowest BCUT2D eigenvalue weighted by Crippen LogP contribution is -2.62. The zero-order valence-corrected chi connectivity index (χ0v) is 10.6. The van der Waals surface area contributed by atoms with Crippen molar-refractivity contribution < 1.29 is 19.0 Å². The van der Waals surface area contributed by atoms with Crippen molar-refractivity contribution in [3.8, 4) is 0 Å². The van der Waals surface area contributed by atoms with Gasteiger partial charge in [0.25, 0.3) is 0 Å². The third-order valence-electron chi connectivity index (χ3n) is 2.69. The topological polar surface area (TPSA) is 56.8 Å². The first-order valence-electron chi connectivity index (χ1n) is 5.43. The lowest BCUT2D eigenvalue weighted by molar-refractivity contribution is -0.266. The number of carbonyl (C=O) groups excluding carboxylic acids is 1. The average molecular weight is 231 g/mol. The van der Waals surface area contributed by atoms with E-state index < -0.39 is 17.5 Å². The standard InChI is InChI=1S/C11H21NO4/c1-10(2,3)16-9(13)12-8-6-7-11(8,14-4)15-5/h8H,6-7H2,1-5H3,(H,12,13). The quantitative estimate of drug-likeness (QED) is 0.750. The number of hydrogen-bond acceptors (Lipinski definition) is 4. The molecule has 0 aromatic rings. The molecule has 0 radical (unpaired) electrons.